The molecule has 7 heteroatoms. The average molecular weight is 300 g/mol. The monoisotopic (exact) mass is 299 g/mol. The van der Waals surface area contributed by atoms with Gasteiger partial charge in [-0.25, -0.2) is 9.89 Å². The average Bonchev–Trinajstić information content (AvgIpc) is 2.72. The van der Waals surface area contributed by atoms with E-state index in [0.29, 0.717) is 16.7 Å². The zero-order valence-electron chi connectivity index (χ0n) is 10.4. The largest absolute Gasteiger partial charge is 0.392 e. The van der Waals surface area contributed by atoms with Crippen molar-refractivity contribution in [1.29, 1.82) is 0 Å². The summed E-state index contributed by atoms with van der Waals surface area (Å²) in [6.45, 7) is 2.51. The van der Waals surface area contributed by atoms with Crippen molar-refractivity contribution < 1.29 is 5.11 Å². The van der Waals surface area contributed by atoms with Gasteiger partial charge in [-0.1, -0.05) is 24.6 Å². The molecular weight excluding hydrogens is 286 g/mol. The minimum Gasteiger partial charge on any atom is -0.392 e. The first kappa shape index (κ1) is 14.2. The van der Waals surface area contributed by atoms with Crippen LogP contribution < -0.4 is 5.69 Å². The number of aromatic nitrogens is 3. The van der Waals surface area contributed by atoms with Crippen LogP contribution in [0.5, 0.6) is 0 Å². The third-order valence-corrected chi connectivity index (χ3v) is 3.90. The molecule has 0 radical (unpaired) electrons. The normalized spacial score (nSPS) is 10.9. The molecule has 0 fully saturated rings. The van der Waals surface area contributed by atoms with E-state index in [0.717, 1.165) is 16.9 Å². The Morgan fingerprint density at radius 3 is 3.00 bits per heavy atom. The molecule has 0 saturated carbocycles. The number of hydrogen-bond acceptors (Lipinski definition) is 4. The number of aliphatic hydroxyl groups is 1. The van der Waals surface area contributed by atoms with Gasteiger partial charge in [0.05, 0.1) is 6.61 Å². The van der Waals surface area contributed by atoms with Crippen molar-refractivity contribution in [2.75, 3.05) is 0 Å². The van der Waals surface area contributed by atoms with Crippen molar-refractivity contribution in [2.24, 2.45) is 0 Å². The van der Waals surface area contributed by atoms with Gasteiger partial charge in [-0.3, -0.25) is 4.57 Å². The number of nitrogens with one attached hydrogen (secondary N) is 1. The van der Waals surface area contributed by atoms with E-state index < -0.39 is 0 Å². The molecule has 0 aliphatic rings. The summed E-state index contributed by atoms with van der Waals surface area (Å²) >= 11 is 7.27. The highest BCUT2D eigenvalue weighted by Gasteiger charge is 2.12. The summed E-state index contributed by atoms with van der Waals surface area (Å²) in [4.78, 5) is 12.4. The van der Waals surface area contributed by atoms with Crippen LogP contribution in [-0.4, -0.2) is 19.9 Å². The van der Waals surface area contributed by atoms with Gasteiger partial charge in [0, 0.05) is 16.5 Å². The topological polar surface area (TPSA) is 70.9 Å². The smallest absolute Gasteiger partial charge is 0.343 e. The van der Waals surface area contributed by atoms with Gasteiger partial charge in [-0.05, 0) is 35.9 Å². The Morgan fingerprint density at radius 1 is 1.53 bits per heavy atom. The number of aliphatic hydroxyl groups excluding tert-OH is 1. The molecule has 0 amide bonds. The molecule has 0 aliphatic carbocycles. The second kappa shape index (κ2) is 6.27. The summed E-state index contributed by atoms with van der Waals surface area (Å²) < 4.78 is 1.58. The van der Waals surface area contributed by atoms with Crippen LogP contribution in [0.25, 0.3) is 0 Å². The van der Waals surface area contributed by atoms with E-state index in [1.165, 1.54) is 11.8 Å². The number of H-pyrrole nitrogens is 1. The first-order valence-electron chi connectivity index (χ1n) is 5.88. The van der Waals surface area contributed by atoms with Crippen LogP contribution in [0, 0.1) is 0 Å². The maximum Gasteiger partial charge on any atom is 0.343 e. The van der Waals surface area contributed by atoms with E-state index in [9.17, 15) is 9.90 Å². The molecule has 0 atom stereocenters. The Balaban J connectivity index is 2.35. The van der Waals surface area contributed by atoms with Crippen LogP contribution >= 0.6 is 23.4 Å². The lowest BCUT2D eigenvalue weighted by Crippen LogP contribution is -2.17. The third-order valence-electron chi connectivity index (χ3n) is 2.57. The molecule has 1 aromatic heterocycles. The Hall–Kier alpha value is -1.24. The molecule has 0 aliphatic heterocycles. The number of aromatic amines is 1. The van der Waals surface area contributed by atoms with Crippen molar-refractivity contribution >= 4 is 23.4 Å². The van der Waals surface area contributed by atoms with E-state index in [4.69, 9.17) is 11.6 Å². The molecule has 102 valence electrons. The third kappa shape index (κ3) is 3.20. The maximum atomic E-state index is 11.6. The lowest BCUT2D eigenvalue weighted by atomic mass is 10.2. The first-order valence-corrected chi connectivity index (χ1v) is 7.07. The van der Waals surface area contributed by atoms with Crippen molar-refractivity contribution in [3.63, 3.8) is 0 Å². The molecule has 0 bridgehead atoms. The number of rotatable bonds is 5. The van der Waals surface area contributed by atoms with E-state index in [2.05, 4.69) is 10.2 Å². The summed E-state index contributed by atoms with van der Waals surface area (Å²) in [5, 5.41) is 16.9. The summed E-state index contributed by atoms with van der Waals surface area (Å²) in [5.74, 6) is 0. The van der Waals surface area contributed by atoms with E-state index in [-0.39, 0.29) is 12.3 Å². The molecule has 2 aromatic rings. The fourth-order valence-corrected chi connectivity index (χ4v) is 2.91. The fraction of sp³-hybridized carbons (Fsp3) is 0.333. The van der Waals surface area contributed by atoms with Crippen LogP contribution in [0.4, 0.5) is 0 Å². The minimum absolute atomic E-state index is 0.0814. The quantitative estimate of drug-likeness (QED) is 0.888. The van der Waals surface area contributed by atoms with Crippen molar-refractivity contribution in [3.8, 4) is 0 Å². The standard InChI is InChI=1S/C12H14ClN3O2S/c1-2-5-16-11(18)14-15-12(16)19-10-6-9(13)4-3-8(10)7-17/h3-4,6,17H,2,5,7H2,1H3,(H,14,18). The Morgan fingerprint density at radius 2 is 2.32 bits per heavy atom. The molecular formula is C12H14ClN3O2S. The van der Waals surface area contributed by atoms with Crippen molar-refractivity contribution in [2.45, 2.75) is 36.5 Å². The van der Waals surface area contributed by atoms with Crippen LogP contribution in [0.15, 0.2) is 33.0 Å². The molecule has 5 nitrogen and oxygen atoms in total. The van der Waals surface area contributed by atoms with Gasteiger partial charge in [0.15, 0.2) is 5.16 Å². The number of halogens is 1. The number of hydrogen-bond donors (Lipinski definition) is 2. The zero-order chi connectivity index (χ0) is 13.8. The molecule has 1 aromatic carbocycles. The Labute approximate surface area is 119 Å². The van der Waals surface area contributed by atoms with Crippen molar-refractivity contribution in [1.82, 2.24) is 14.8 Å². The summed E-state index contributed by atoms with van der Waals surface area (Å²) in [6.07, 6.45) is 0.843. The predicted molar refractivity (Wildman–Crippen MR) is 74.6 cm³/mol. The van der Waals surface area contributed by atoms with Gasteiger partial charge in [-0.2, -0.15) is 0 Å². The second-order valence-corrected chi connectivity index (χ2v) is 5.42. The zero-order valence-corrected chi connectivity index (χ0v) is 12.0. The Bertz CT molecular complexity index is 624. The van der Waals surface area contributed by atoms with Gasteiger partial charge < -0.3 is 5.11 Å². The van der Waals surface area contributed by atoms with Gasteiger partial charge in [0.1, 0.15) is 0 Å². The molecule has 0 saturated heterocycles. The van der Waals surface area contributed by atoms with Gasteiger partial charge in [0.25, 0.3) is 0 Å². The molecule has 1 heterocycles. The van der Waals surface area contributed by atoms with Crippen LogP contribution in [0.1, 0.15) is 18.9 Å². The minimum atomic E-state index is -0.225. The first-order chi connectivity index (χ1) is 9.15. The van der Waals surface area contributed by atoms with Crippen LogP contribution in [-0.2, 0) is 13.2 Å². The highest BCUT2D eigenvalue weighted by Crippen LogP contribution is 2.30. The molecule has 2 N–H and O–H groups in total. The van der Waals surface area contributed by atoms with E-state index in [1.807, 2.05) is 6.92 Å². The van der Waals surface area contributed by atoms with Gasteiger partial charge >= 0.3 is 5.69 Å². The highest BCUT2D eigenvalue weighted by atomic mass is 35.5. The fourth-order valence-electron chi connectivity index (χ4n) is 1.65. The maximum absolute atomic E-state index is 11.6. The summed E-state index contributed by atoms with van der Waals surface area (Å²) in [5.41, 5.74) is 0.532. The van der Waals surface area contributed by atoms with E-state index in [1.54, 1.807) is 22.8 Å². The molecule has 0 spiro atoms. The second-order valence-electron chi connectivity index (χ2n) is 3.98. The molecule has 19 heavy (non-hydrogen) atoms. The number of nitrogens with zero attached hydrogens (tertiary/aromatic N) is 2. The van der Waals surface area contributed by atoms with Crippen LogP contribution in [0.3, 0.4) is 0 Å². The Kier molecular flexibility index (Phi) is 4.68. The molecule has 2 rings (SSSR count). The highest BCUT2D eigenvalue weighted by molar-refractivity contribution is 7.99. The van der Waals surface area contributed by atoms with Gasteiger partial charge in [-0.15, -0.1) is 5.10 Å². The van der Waals surface area contributed by atoms with Crippen molar-refractivity contribution in [3.05, 3.63) is 39.3 Å². The summed E-state index contributed by atoms with van der Waals surface area (Å²) in [6, 6.07) is 5.24. The SMILES string of the molecule is CCCn1c(Sc2cc(Cl)ccc2CO)n[nH]c1=O. The summed E-state index contributed by atoms with van der Waals surface area (Å²) in [7, 11) is 0. The van der Waals surface area contributed by atoms with Gasteiger partial charge in [0.2, 0.25) is 0 Å². The van der Waals surface area contributed by atoms with Crippen LogP contribution in [0.2, 0.25) is 5.02 Å². The lowest BCUT2D eigenvalue weighted by Gasteiger charge is -2.07. The molecule has 0 unspecified atom stereocenters. The predicted octanol–water partition coefficient (Wildman–Crippen LogP) is 2.28. The number of benzene rings is 1. The van der Waals surface area contributed by atoms with E-state index >= 15 is 0 Å². The lowest BCUT2D eigenvalue weighted by molar-refractivity contribution is 0.279.